The van der Waals surface area contributed by atoms with E-state index in [1.165, 1.54) is 0 Å². The van der Waals surface area contributed by atoms with Crippen molar-refractivity contribution in [1.82, 2.24) is 9.97 Å². The van der Waals surface area contributed by atoms with Crippen LogP contribution in [0.1, 0.15) is 5.82 Å². The molecule has 1 N–H and O–H groups in total. The van der Waals surface area contributed by atoms with E-state index in [2.05, 4.69) is 15.3 Å². The topological polar surface area (TPSA) is 37.8 Å². The number of aryl methyl sites for hydroxylation is 1. The summed E-state index contributed by atoms with van der Waals surface area (Å²) in [5.74, 6) is 1.62. The van der Waals surface area contributed by atoms with Crippen LogP contribution in [0.3, 0.4) is 0 Å². The highest BCUT2D eigenvalue weighted by Gasteiger charge is 2.04. The van der Waals surface area contributed by atoms with Crippen molar-refractivity contribution in [3.8, 4) is 0 Å². The van der Waals surface area contributed by atoms with Gasteiger partial charge in [-0.25, -0.2) is 9.97 Å². The van der Waals surface area contributed by atoms with Crippen molar-refractivity contribution in [1.29, 1.82) is 0 Å². The van der Waals surface area contributed by atoms with Crippen LogP contribution < -0.4 is 5.32 Å². The molecule has 18 heavy (non-hydrogen) atoms. The standard InChI is InChI=1S/C15H13N3/c1-11-16-14-10-6-5-9-13(14)15(17-11)18-12-7-3-2-4-8-12/h2-10H,1H3,(H,16,17,18). The Hall–Kier alpha value is -2.42. The Balaban J connectivity index is 2.11. The first-order valence-corrected chi connectivity index (χ1v) is 5.88. The predicted molar refractivity (Wildman–Crippen MR) is 74.0 cm³/mol. The molecule has 3 nitrogen and oxygen atoms in total. The van der Waals surface area contributed by atoms with E-state index in [-0.39, 0.29) is 0 Å². The molecule has 0 spiro atoms. The lowest BCUT2D eigenvalue weighted by Crippen LogP contribution is -1.98. The number of fused-ring (bicyclic) bond motifs is 1. The Morgan fingerprint density at radius 1 is 0.833 bits per heavy atom. The third-order valence-electron chi connectivity index (χ3n) is 2.75. The van der Waals surface area contributed by atoms with Crippen LogP contribution in [0.4, 0.5) is 11.5 Å². The maximum Gasteiger partial charge on any atom is 0.142 e. The second-order valence-corrected chi connectivity index (χ2v) is 4.13. The number of nitrogens with one attached hydrogen (secondary N) is 1. The molecule has 0 fully saturated rings. The van der Waals surface area contributed by atoms with E-state index in [9.17, 15) is 0 Å². The molecule has 0 saturated heterocycles. The zero-order chi connectivity index (χ0) is 12.4. The minimum absolute atomic E-state index is 0.770. The number of nitrogens with zero attached hydrogens (tertiary/aromatic N) is 2. The molecule has 3 aromatic rings. The van der Waals surface area contributed by atoms with Gasteiger partial charge in [0, 0.05) is 11.1 Å². The molecule has 0 bridgehead atoms. The van der Waals surface area contributed by atoms with Crippen molar-refractivity contribution in [3.05, 3.63) is 60.4 Å². The lowest BCUT2D eigenvalue weighted by molar-refractivity contribution is 1.09. The number of aromatic nitrogens is 2. The number of hydrogen-bond acceptors (Lipinski definition) is 3. The number of para-hydroxylation sites is 2. The van der Waals surface area contributed by atoms with Gasteiger partial charge in [-0.2, -0.15) is 0 Å². The van der Waals surface area contributed by atoms with Gasteiger partial charge in [0.05, 0.1) is 5.52 Å². The molecular formula is C15H13N3. The van der Waals surface area contributed by atoms with Crippen molar-refractivity contribution >= 4 is 22.4 Å². The van der Waals surface area contributed by atoms with Gasteiger partial charge in [0.1, 0.15) is 11.6 Å². The first-order chi connectivity index (χ1) is 8.83. The van der Waals surface area contributed by atoms with Gasteiger partial charge in [0.15, 0.2) is 0 Å². The Kier molecular flexibility index (Phi) is 2.65. The van der Waals surface area contributed by atoms with Crippen LogP contribution in [-0.4, -0.2) is 9.97 Å². The predicted octanol–water partition coefficient (Wildman–Crippen LogP) is 3.68. The van der Waals surface area contributed by atoms with Crippen LogP contribution in [-0.2, 0) is 0 Å². The van der Waals surface area contributed by atoms with Gasteiger partial charge in [-0.15, -0.1) is 0 Å². The van der Waals surface area contributed by atoms with E-state index in [1.807, 2.05) is 61.5 Å². The summed E-state index contributed by atoms with van der Waals surface area (Å²) in [6.45, 7) is 1.91. The van der Waals surface area contributed by atoms with Gasteiger partial charge in [0.2, 0.25) is 0 Å². The summed E-state index contributed by atoms with van der Waals surface area (Å²) in [7, 11) is 0. The summed E-state index contributed by atoms with van der Waals surface area (Å²) in [6, 6.07) is 18.0. The highest BCUT2D eigenvalue weighted by Crippen LogP contribution is 2.23. The summed E-state index contributed by atoms with van der Waals surface area (Å²) in [5, 5.41) is 4.37. The van der Waals surface area contributed by atoms with Crippen molar-refractivity contribution in [2.45, 2.75) is 6.92 Å². The van der Waals surface area contributed by atoms with Crippen LogP contribution in [0, 0.1) is 6.92 Å². The summed E-state index contributed by atoms with van der Waals surface area (Å²) in [5.41, 5.74) is 1.99. The zero-order valence-corrected chi connectivity index (χ0v) is 10.1. The SMILES string of the molecule is Cc1nc(Nc2ccccc2)c2ccccc2n1. The van der Waals surface area contributed by atoms with Crippen molar-refractivity contribution in [2.24, 2.45) is 0 Å². The molecule has 0 aliphatic rings. The molecule has 0 unspecified atom stereocenters. The first-order valence-electron chi connectivity index (χ1n) is 5.88. The largest absolute Gasteiger partial charge is 0.340 e. The molecular weight excluding hydrogens is 222 g/mol. The zero-order valence-electron chi connectivity index (χ0n) is 10.1. The van der Waals surface area contributed by atoms with Crippen LogP contribution in [0.5, 0.6) is 0 Å². The van der Waals surface area contributed by atoms with Gasteiger partial charge >= 0.3 is 0 Å². The highest BCUT2D eigenvalue weighted by molar-refractivity contribution is 5.90. The number of hydrogen-bond donors (Lipinski definition) is 1. The normalized spacial score (nSPS) is 10.5. The molecule has 0 aliphatic heterocycles. The fourth-order valence-corrected chi connectivity index (χ4v) is 1.95. The number of benzene rings is 2. The lowest BCUT2D eigenvalue weighted by atomic mass is 10.2. The van der Waals surface area contributed by atoms with Gasteiger partial charge in [0.25, 0.3) is 0 Å². The molecule has 2 aromatic carbocycles. The van der Waals surface area contributed by atoms with Gasteiger partial charge in [-0.3, -0.25) is 0 Å². The van der Waals surface area contributed by atoms with E-state index in [4.69, 9.17) is 0 Å². The Morgan fingerprint density at radius 3 is 2.39 bits per heavy atom. The molecule has 0 saturated carbocycles. The minimum Gasteiger partial charge on any atom is -0.340 e. The molecule has 3 rings (SSSR count). The summed E-state index contributed by atoms with van der Waals surface area (Å²) in [6.07, 6.45) is 0. The smallest absolute Gasteiger partial charge is 0.142 e. The van der Waals surface area contributed by atoms with Gasteiger partial charge in [-0.1, -0.05) is 30.3 Å². The summed E-state index contributed by atoms with van der Waals surface area (Å²) >= 11 is 0. The molecule has 0 atom stereocenters. The van der Waals surface area contributed by atoms with Gasteiger partial charge in [-0.05, 0) is 31.2 Å². The van der Waals surface area contributed by atoms with Crippen LogP contribution in [0.15, 0.2) is 54.6 Å². The quantitative estimate of drug-likeness (QED) is 0.736. The third kappa shape index (κ3) is 2.02. The minimum atomic E-state index is 0.770. The molecule has 0 aliphatic carbocycles. The van der Waals surface area contributed by atoms with Crippen LogP contribution >= 0.6 is 0 Å². The van der Waals surface area contributed by atoms with E-state index in [0.29, 0.717) is 0 Å². The average molecular weight is 235 g/mol. The van der Waals surface area contributed by atoms with Crippen molar-refractivity contribution in [3.63, 3.8) is 0 Å². The lowest BCUT2D eigenvalue weighted by Gasteiger charge is -2.09. The van der Waals surface area contributed by atoms with Crippen molar-refractivity contribution in [2.75, 3.05) is 5.32 Å². The maximum atomic E-state index is 4.47. The molecule has 0 amide bonds. The average Bonchev–Trinajstić information content (AvgIpc) is 2.40. The Morgan fingerprint density at radius 2 is 1.56 bits per heavy atom. The summed E-state index contributed by atoms with van der Waals surface area (Å²) in [4.78, 5) is 8.90. The molecule has 0 radical (unpaired) electrons. The monoisotopic (exact) mass is 235 g/mol. The number of anilines is 2. The fraction of sp³-hybridized carbons (Fsp3) is 0.0667. The van der Waals surface area contributed by atoms with E-state index in [1.54, 1.807) is 0 Å². The van der Waals surface area contributed by atoms with Crippen LogP contribution in [0.25, 0.3) is 10.9 Å². The van der Waals surface area contributed by atoms with E-state index < -0.39 is 0 Å². The van der Waals surface area contributed by atoms with Crippen LogP contribution in [0.2, 0.25) is 0 Å². The molecule has 1 heterocycles. The third-order valence-corrected chi connectivity index (χ3v) is 2.75. The van der Waals surface area contributed by atoms with E-state index >= 15 is 0 Å². The van der Waals surface area contributed by atoms with Gasteiger partial charge < -0.3 is 5.32 Å². The number of rotatable bonds is 2. The molecule has 1 aromatic heterocycles. The Labute approximate surface area is 106 Å². The fourth-order valence-electron chi connectivity index (χ4n) is 1.95. The highest BCUT2D eigenvalue weighted by atomic mass is 15.0. The molecule has 3 heteroatoms. The second kappa shape index (κ2) is 4.45. The second-order valence-electron chi connectivity index (χ2n) is 4.13. The Bertz CT molecular complexity index is 678. The first kappa shape index (κ1) is 10.7. The van der Waals surface area contributed by atoms with Crippen molar-refractivity contribution < 1.29 is 0 Å². The van der Waals surface area contributed by atoms with E-state index in [0.717, 1.165) is 28.2 Å². The summed E-state index contributed by atoms with van der Waals surface area (Å²) < 4.78 is 0. The molecule has 88 valence electrons. The maximum absolute atomic E-state index is 4.47.